The molecule has 1 N–H and O–H groups in total. The molecule has 1 amide bonds. The number of aliphatic imine (C=N–C) groups is 1. The second kappa shape index (κ2) is 10.7. The topological polar surface area (TPSA) is 80.2 Å². The molecule has 0 spiro atoms. The summed E-state index contributed by atoms with van der Waals surface area (Å²) in [5.74, 6) is 1.05. The molecule has 2 aliphatic heterocycles. The number of benzene rings is 1. The molecule has 0 bridgehead atoms. The van der Waals surface area contributed by atoms with Crippen molar-refractivity contribution in [1.82, 2.24) is 10.2 Å². The van der Waals surface area contributed by atoms with Crippen molar-refractivity contribution in [1.29, 1.82) is 0 Å². The van der Waals surface area contributed by atoms with Crippen LogP contribution in [0.1, 0.15) is 64.4 Å². The van der Waals surface area contributed by atoms with Crippen molar-refractivity contribution in [3.63, 3.8) is 0 Å². The van der Waals surface area contributed by atoms with Crippen LogP contribution in [0.2, 0.25) is 5.02 Å². The highest BCUT2D eigenvalue weighted by atomic mass is 35.5. The van der Waals surface area contributed by atoms with E-state index in [1.807, 2.05) is 24.0 Å². The van der Waals surface area contributed by atoms with Crippen molar-refractivity contribution < 1.29 is 19.1 Å². The quantitative estimate of drug-likeness (QED) is 0.413. The SMILES string of the molecule is CCC1C(=O)NC2=Nc3ccc(OCCCCCCCCOC(C)=O)c(Cl)c3CN21. The van der Waals surface area contributed by atoms with Crippen LogP contribution in [-0.2, 0) is 20.9 Å². The summed E-state index contributed by atoms with van der Waals surface area (Å²) in [6.45, 7) is 5.10. The molecule has 2 aliphatic rings. The van der Waals surface area contributed by atoms with Gasteiger partial charge in [-0.25, -0.2) is 4.99 Å². The maximum absolute atomic E-state index is 12.1. The standard InChI is InChI=1S/C22H30ClN3O4/c1-3-18-21(28)25-22-24-17-10-11-19(20(23)16(17)14-26(18)22)30-13-9-7-5-4-6-8-12-29-15(2)27/h10-11,18H,3-9,12-14H2,1-2H3,(H,24,25,28). The van der Waals surface area contributed by atoms with E-state index < -0.39 is 0 Å². The molecular weight excluding hydrogens is 406 g/mol. The van der Waals surface area contributed by atoms with Crippen molar-refractivity contribution in [2.45, 2.75) is 71.4 Å². The molecule has 7 nitrogen and oxygen atoms in total. The molecule has 30 heavy (non-hydrogen) atoms. The van der Waals surface area contributed by atoms with Gasteiger partial charge in [-0.2, -0.15) is 0 Å². The third-order valence-electron chi connectivity index (χ3n) is 5.41. The minimum absolute atomic E-state index is 0.0111. The largest absolute Gasteiger partial charge is 0.492 e. The number of unbranched alkanes of at least 4 members (excludes halogenated alkanes) is 5. The van der Waals surface area contributed by atoms with E-state index in [0.717, 1.165) is 56.2 Å². The summed E-state index contributed by atoms with van der Waals surface area (Å²) in [5, 5.41) is 3.43. The Morgan fingerprint density at radius 3 is 2.60 bits per heavy atom. The van der Waals surface area contributed by atoms with Crippen LogP contribution in [0.4, 0.5) is 5.69 Å². The van der Waals surface area contributed by atoms with Crippen LogP contribution in [0.3, 0.4) is 0 Å². The molecule has 3 rings (SSSR count). The zero-order chi connectivity index (χ0) is 21.5. The van der Waals surface area contributed by atoms with Gasteiger partial charge >= 0.3 is 5.97 Å². The summed E-state index contributed by atoms with van der Waals surface area (Å²) in [5.41, 5.74) is 1.69. The number of guanidine groups is 1. The number of carbonyl (C=O) groups is 2. The average Bonchev–Trinajstić information content (AvgIpc) is 3.03. The van der Waals surface area contributed by atoms with Gasteiger partial charge in [0.1, 0.15) is 11.8 Å². The second-order valence-corrected chi connectivity index (χ2v) is 8.04. The third-order valence-corrected chi connectivity index (χ3v) is 5.83. The predicted molar refractivity (Wildman–Crippen MR) is 116 cm³/mol. The van der Waals surface area contributed by atoms with E-state index in [0.29, 0.717) is 36.5 Å². The lowest BCUT2D eigenvalue weighted by Crippen LogP contribution is -2.36. The molecule has 1 aromatic rings. The zero-order valence-electron chi connectivity index (χ0n) is 17.7. The van der Waals surface area contributed by atoms with Gasteiger partial charge in [-0.1, -0.05) is 44.2 Å². The van der Waals surface area contributed by atoms with Gasteiger partial charge in [0.2, 0.25) is 11.9 Å². The summed E-state index contributed by atoms with van der Waals surface area (Å²) in [7, 11) is 0. The van der Waals surface area contributed by atoms with Crippen molar-refractivity contribution in [2.24, 2.45) is 4.99 Å². The first-order chi connectivity index (χ1) is 14.5. The molecule has 0 aliphatic carbocycles. The van der Waals surface area contributed by atoms with E-state index in [1.165, 1.54) is 6.92 Å². The molecule has 2 heterocycles. The van der Waals surface area contributed by atoms with Crippen LogP contribution in [-0.4, -0.2) is 42.0 Å². The number of rotatable bonds is 11. The first-order valence-electron chi connectivity index (χ1n) is 10.7. The smallest absolute Gasteiger partial charge is 0.302 e. The van der Waals surface area contributed by atoms with Crippen molar-refractivity contribution in [3.8, 4) is 5.75 Å². The summed E-state index contributed by atoms with van der Waals surface area (Å²) < 4.78 is 10.8. The number of ether oxygens (including phenoxy) is 2. The molecular formula is C22H30ClN3O4. The number of nitrogens with zero attached hydrogens (tertiary/aromatic N) is 2. The Kier molecular flexibility index (Phi) is 7.96. The number of hydrogen-bond acceptors (Lipinski definition) is 6. The lowest BCUT2D eigenvalue weighted by atomic mass is 10.1. The van der Waals surface area contributed by atoms with Gasteiger partial charge in [0.25, 0.3) is 0 Å². The number of esters is 1. The Bertz CT molecular complexity index is 812. The fourth-order valence-corrected chi connectivity index (χ4v) is 4.06. The number of halogens is 1. The summed E-state index contributed by atoms with van der Waals surface area (Å²) >= 11 is 6.62. The fraction of sp³-hybridized carbons (Fsp3) is 0.591. The van der Waals surface area contributed by atoms with Crippen LogP contribution in [0, 0.1) is 0 Å². The van der Waals surface area contributed by atoms with Gasteiger partial charge in [0.05, 0.1) is 30.5 Å². The fourth-order valence-electron chi connectivity index (χ4n) is 3.79. The van der Waals surface area contributed by atoms with Gasteiger partial charge < -0.3 is 14.4 Å². The molecule has 0 radical (unpaired) electrons. The van der Waals surface area contributed by atoms with Crippen LogP contribution in [0.25, 0.3) is 0 Å². The minimum Gasteiger partial charge on any atom is -0.492 e. The van der Waals surface area contributed by atoms with Crippen molar-refractivity contribution in [3.05, 3.63) is 22.7 Å². The van der Waals surface area contributed by atoms with Crippen LogP contribution < -0.4 is 10.1 Å². The zero-order valence-corrected chi connectivity index (χ0v) is 18.5. The van der Waals surface area contributed by atoms with Crippen LogP contribution in [0.15, 0.2) is 17.1 Å². The maximum atomic E-state index is 12.1. The number of carbonyl (C=O) groups excluding carboxylic acids is 2. The van der Waals surface area contributed by atoms with Gasteiger partial charge in [-0.05, 0) is 31.4 Å². The molecule has 1 fully saturated rings. The predicted octanol–water partition coefficient (Wildman–Crippen LogP) is 4.33. The molecule has 1 atom stereocenters. The Labute approximate surface area is 182 Å². The Balaban J connectivity index is 1.42. The van der Waals surface area contributed by atoms with Crippen molar-refractivity contribution in [2.75, 3.05) is 13.2 Å². The molecule has 0 aromatic heterocycles. The number of fused-ring (bicyclic) bond motifs is 2. The van der Waals surface area contributed by atoms with E-state index >= 15 is 0 Å². The normalized spacial score (nSPS) is 17.2. The van der Waals surface area contributed by atoms with Crippen LogP contribution in [0.5, 0.6) is 5.75 Å². The summed E-state index contributed by atoms with van der Waals surface area (Å²) in [6, 6.07) is 3.55. The lowest BCUT2D eigenvalue weighted by molar-refractivity contribution is -0.141. The molecule has 8 heteroatoms. The Hall–Kier alpha value is -2.28. The Morgan fingerprint density at radius 2 is 1.90 bits per heavy atom. The highest BCUT2D eigenvalue weighted by Crippen LogP contribution is 2.39. The number of hydrogen-bond donors (Lipinski definition) is 1. The van der Waals surface area contributed by atoms with E-state index in [-0.39, 0.29) is 17.9 Å². The molecule has 1 unspecified atom stereocenters. The van der Waals surface area contributed by atoms with E-state index in [2.05, 4.69) is 10.3 Å². The van der Waals surface area contributed by atoms with E-state index in [4.69, 9.17) is 21.1 Å². The Morgan fingerprint density at radius 1 is 1.20 bits per heavy atom. The second-order valence-electron chi connectivity index (χ2n) is 7.66. The highest BCUT2D eigenvalue weighted by Gasteiger charge is 2.38. The summed E-state index contributed by atoms with van der Waals surface area (Å²) in [4.78, 5) is 29.3. The molecule has 1 saturated heterocycles. The summed E-state index contributed by atoms with van der Waals surface area (Å²) in [6.07, 6.45) is 7.01. The molecule has 0 saturated carbocycles. The average molecular weight is 436 g/mol. The lowest BCUT2D eigenvalue weighted by Gasteiger charge is -2.28. The minimum atomic E-state index is -0.212. The first-order valence-corrected chi connectivity index (χ1v) is 11.1. The maximum Gasteiger partial charge on any atom is 0.302 e. The van der Waals surface area contributed by atoms with E-state index in [1.54, 1.807) is 0 Å². The third kappa shape index (κ3) is 5.45. The van der Waals surface area contributed by atoms with Crippen molar-refractivity contribution >= 4 is 35.1 Å². The van der Waals surface area contributed by atoms with Gasteiger partial charge in [-0.15, -0.1) is 0 Å². The highest BCUT2D eigenvalue weighted by molar-refractivity contribution is 6.33. The molecule has 1 aromatic carbocycles. The number of nitrogens with one attached hydrogen (secondary N) is 1. The van der Waals surface area contributed by atoms with E-state index in [9.17, 15) is 9.59 Å². The molecule has 164 valence electrons. The number of amides is 1. The monoisotopic (exact) mass is 435 g/mol. The van der Waals surface area contributed by atoms with Gasteiger partial charge in [0.15, 0.2) is 0 Å². The van der Waals surface area contributed by atoms with Crippen LogP contribution >= 0.6 is 11.6 Å². The first kappa shape index (κ1) is 22.4. The van der Waals surface area contributed by atoms with Gasteiger partial charge in [-0.3, -0.25) is 14.9 Å². The van der Waals surface area contributed by atoms with Gasteiger partial charge in [0, 0.05) is 12.5 Å².